The summed E-state index contributed by atoms with van der Waals surface area (Å²) in [6, 6.07) is 14.9. The van der Waals surface area contributed by atoms with Crippen LogP contribution in [0.5, 0.6) is 0 Å². The van der Waals surface area contributed by atoms with Crippen molar-refractivity contribution in [2.75, 3.05) is 0 Å². The molecule has 0 spiro atoms. The topological polar surface area (TPSA) is 12.9 Å². The number of aromatic nitrogens is 1. The van der Waals surface area contributed by atoms with Gasteiger partial charge in [0, 0.05) is 12.4 Å². The van der Waals surface area contributed by atoms with Crippen molar-refractivity contribution in [3.8, 4) is 0 Å². The van der Waals surface area contributed by atoms with Gasteiger partial charge in [0.15, 0.2) is 0 Å². The summed E-state index contributed by atoms with van der Waals surface area (Å²) in [7, 11) is 2.44. The molecule has 0 amide bonds. The van der Waals surface area contributed by atoms with Gasteiger partial charge in [0.05, 0.1) is 0 Å². The van der Waals surface area contributed by atoms with E-state index in [1.165, 1.54) is 11.1 Å². The molecule has 18 heavy (non-hydrogen) atoms. The molecule has 0 N–H and O–H groups in total. The summed E-state index contributed by atoms with van der Waals surface area (Å²) in [5, 5.41) is 0. The molecule has 0 aliphatic carbocycles. The molecule has 1 aromatic carbocycles. The normalized spacial score (nSPS) is 13.9. The van der Waals surface area contributed by atoms with Gasteiger partial charge < -0.3 is 0 Å². The molecule has 1 aromatic heterocycles. The van der Waals surface area contributed by atoms with E-state index in [-0.39, 0.29) is 0 Å². The van der Waals surface area contributed by atoms with Crippen LogP contribution in [0.1, 0.15) is 43.0 Å². The van der Waals surface area contributed by atoms with Crippen molar-refractivity contribution in [3.63, 3.8) is 0 Å². The third-order valence-corrected chi connectivity index (χ3v) is 3.42. The van der Waals surface area contributed by atoms with Gasteiger partial charge in [0.1, 0.15) is 7.28 Å². The minimum Gasteiger partial charge on any atom is -0.265 e. The number of hydrogen-bond acceptors (Lipinski definition) is 1. The number of rotatable bonds is 5. The third-order valence-electron chi connectivity index (χ3n) is 3.42. The summed E-state index contributed by atoms with van der Waals surface area (Å²) in [5.41, 5.74) is 2.74. The Hall–Kier alpha value is -1.57. The maximum Gasteiger partial charge on any atom is 0.129 e. The van der Waals surface area contributed by atoms with Crippen LogP contribution >= 0.6 is 0 Å². The van der Waals surface area contributed by atoms with Crippen molar-refractivity contribution in [1.29, 1.82) is 0 Å². The predicted molar refractivity (Wildman–Crippen MR) is 77.9 cm³/mol. The molecule has 2 heteroatoms. The lowest BCUT2D eigenvalue weighted by Crippen LogP contribution is -2.14. The summed E-state index contributed by atoms with van der Waals surface area (Å²) in [4.78, 5) is 4.07. The highest BCUT2D eigenvalue weighted by Crippen LogP contribution is 2.24. The zero-order chi connectivity index (χ0) is 12.8. The molecular formula is C16H19BN. The highest BCUT2D eigenvalue weighted by Gasteiger charge is 2.16. The first-order valence-corrected chi connectivity index (χ1v) is 6.61. The maximum atomic E-state index is 4.07. The molecule has 2 unspecified atom stereocenters. The number of hydrogen-bond donors (Lipinski definition) is 0. The van der Waals surface area contributed by atoms with Crippen LogP contribution in [0.2, 0.25) is 0 Å². The van der Waals surface area contributed by atoms with E-state index in [1.54, 1.807) is 0 Å². The van der Waals surface area contributed by atoms with Gasteiger partial charge in [0.2, 0.25) is 0 Å². The predicted octanol–water partition coefficient (Wildman–Crippen LogP) is 4.00. The fraction of sp³-hybridized carbons (Fsp3) is 0.312. The van der Waals surface area contributed by atoms with Crippen molar-refractivity contribution in [3.05, 3.63) is 66.0 Å². The third kappa shape index (κ3) is 3.22. The van der Waals surface area contributed by atoms with Crippen LogP contribution < -0.4 is 0 Å². The Morgan fingerprint density at radius 3 is 2.28 bits per heavy atom. The van der Waals surface area contributed by atoms with Gasteiger partial charge >= 0.3 is 0 Å². The second-order valence-electron chi connectivity index (χ2n) is 4.69. The van der Waals surface area contributed by atoms with Crippen LogP contribution in [0.3, 0.4) is 0 Å². The first kappa shape index (κ1) is 12.9. The summed E-state index contributed by atoms with van der Waals surface area (Å²) >= 11 is 0. The summed E-state index contributed by atoms with van der Waals surface area (Å²) in [6.45, 7) is 4.49. The van der Waals surface area contributed by atoms with Crippen molar-refractivity contribution in [2.24, 2.45) is 0 Å². The Morgan fingerprint density at radius 2 is 1.67 bits per heavy atom. The monoisotopic (exact) mass is 236 g/mol. The molecular weight excluding hydrogens is 217 g/mol. The van der Waals surface area contributed by atoms with Gasteiger partial charge in [-0.25, -0.2) is 0 Å². The lowest BCUT2D eigenvalue weighted by molar-refractivity contribution is 0.847. The summed E-state index contributed by atoms with van der Waals surface area (Å²) < 4.78 is 0. The first-order valence-electron chi connectivity index (χ1n) is 6.61. The zero-order valence-corrected chi connectivity index (χ0v) is 11.1. The van der Waals surface area contributed by atoms with Crippen LogP contribution in [0, 0.1) is 0 Å². The Morgan fingerprint density at radius 1 is 1.00 bits per heavy atom. The second kappa shape index (κ2) is 6.39. The lowest BCUT2D eigenvalue weighted by atomic mass is 9.51. The van der Waals surface area contributed by atoms with E-state index >= 15 is 0 Å². The van der Waals surface area contributed by atoms with Crippen LogP contribution in [0.4, 0.5) is 0 Å². The quantitative estimate of drug-likeness (QED) is 0.715. The minimum absolute atomic E-state index is 0.457. The van der Waals surface area contributed by atoms with E-state index in [2.05, 4.69) is 68.6 Å². The van der Waals surface area contributed by atoms with Crippen LogP contribution in [-0.2, 0) is 0 Å². The van der Waals surface area contributed by atoms with Crippen LogP contribution in [0.15, 0.2) is 54.9 Å². The molecule has 2 rings (SSSR count). The van der Waals surface area contributed by atoms with Gasteiger partial charge in [0.25, 0.3) is 0 Å². The lowest BCUT2D eigenvalue weighted by Gasteiger charge is -2.19. The fourth-order valence-corrected chi connectivity index (χ4v) is 2.31. The van der Waals surface area contributed by atoms with E-state index < -0.39 is 0 Å². The molecule has 0 aliphatic rings. The Balaban J connectivity index is 2.07. The van der Waals surface area contributed by atoms with E-state index in [4.69, 9.17) is 0 Å². The van der Waals surface area contributed by atoms with Gasteiger partial charge in [-0.1, -0.05) is 56.2 Å². The largest absolute Gasteiger partial charge is 0.265 e. The van der Waals surface area contributed by atoms with Crippen LogP contribution in [0.25, 0.3) is 0 Å². The minimum atomic E-state index is 0.457. The van der Waals surface area contributed by atoms with Crippen molar-refractivity contribution >= 4 is 7.28 Å². The SMILES string of the molecule is CCC([B]C(C)c1ccncc1)c1ccccc1. The number of pyridine rings is 1. The molecule has 0 saturated carbocycles. The Kier molecular flexibility index (Phi) is 4.57. The Labute approximate surface area is 111 Å². The van der Waals surface area contributed by atoms with Crippen molar-refractivity contribution in [2.45, 2.75) is 31.9 Å². The maximum absolute atomic E-state index is 4.07. The number of benzene rings is 1. The highest BCUT2D eigenvalue weighted by molar-refractivity contribution is 6.40. The molecule has 0 fully saturated rings. The highest BCUT2D eigenvalue weighted by atomic mass is 14.6. The van der Waals surface area contributed by atoms with Gasteiger partial charge in [-0.2, -0.15) is 0 Å². The van der Waals surface area contributed by atoms with Gasteiger partial charge in [-0.3, -0.25) is 4.98 Å². The molecule has 0 bridgehead atoms. The molecule has 2 aromatic rings. The van der Waals surface area contributed by atoms with Crippen molar-refractivity contribution in [1.82, 2.24) is 4.98 Å². The number of nitrogens with zero attached hydrogens (tertiary/aromatic N) is 1. The molecule has 1 radical (unpaired) electrons. The summed E-state index contributed by atoms with van der Waals surface area (Å²) in [5.74, 6) is 0.979. The van der Waals surface area contributed by atoms with E-state index in [0.29, 0.717) is 11.6 Å². The first-order chi connectivity index (χ1) is 8.81. The van der Waals surface area contributed by atoms with Gasteiger partial charge in [-0.15, -0.1) is 0 Å². The smallest absolute Gasteiger partial charge is 0.129 e. The molecule has 1 heterocycles. The molecule has 1 nitrogen and oxygen atoms in total. The average molecular weight is 236 g/mol. The molecule has 0 aliphatic heterocycles. The standard InChI is InChI=1S/C16H19BN/c1-3-16(15-7-5-4-6-8-15)17-13(2)14-9-11-18-12-10-14/h4-13,16H,3H2,1-2H3. The van der Waals surface area contributed by atoms with E-state index in [9.17, 15) is 0 Å². The molecule has 2 atom stereocenters. The summed E-state index contributed by atoms with van der Waals surface area (Å²) in [6.07, 6.45) is 4.87. The van der Waals surface area contributed by atoms with E-state index in [0.717, 1.165) is 6.42 Å². The zero-order valence-electron chi connectivity index (χ0n) is 11.1. The Bertz CT molecular complexity index is 455. The van der Waals surface area contributed by atoms with E-state index in [1.807, 2.05) is 12.4 Å². The second-order valence-corrected chi connectivity index (χ2v) is 4.69. The van der Waals surface area contributed by atoms with Crippen LogP contribution in [-0.4, -0.2) is 12.3 Å². The average Bonchev–Trinajstić information content (AvgIpc) is 2.46. The fourth-order valence-electron chi connectivity index (χ4n) is 2.31. The molecule has 91 valence electrons. The molecule has 0 saturated heterocycles. The van der Waals surface area contributed by atoms with Gasteiger partial charge in [-0.05, 0) is 29.3 Å². The van der Waals surface area contributed by atoms with Crippen molar-refractivity contribution < 1.29 is 0 Å².